The van der Waals surface area contributed by atoms with Crippen molar-refractivity contribution >= 4 is 49.9 Å². The van der Waals surface area contributed by atoms with E-state index in [1.807, 2.05) is 0 Å². The van der Waals surface area contributed by atoms with Crippen LogP contribution in [0.15, 0.2) is 29.2 Å². The molecule has 1 atom stereocenters. The molecule has 1 aromatic carbocycles. The number of hydrogen-bond donors (Lipinski definition) is 1. The van der Waals surface area contributed by atoms with Gasteiger partial charge in [0.25, 0.3) is 0 Å². The predicted molar refractivity (Wildman–Crippen MR) is 106 cm³/mol. The van der Waals surface area contributed by atoms with Crippen LogP contribution in [0.3, 0.4) is 0 Å². The smallest absolute Gasteiger partial charge is 0.242 e. The summed E-state index contributed by atoms with van der Waals surface area (Å²) in [5.74, 6) is -0.203. The van der Waals surface area contributed by atoms with E-state index in [9.17, 15) is 13.2 Å². The number of sulfonamides is 1. The fourth-order valence-electron chi connectivity index (χ4n) is 2.37. The number of thioether (sulfide) groups is 1. The Morgan fingerprint density at radius 2 is 1.96 bits per heavy atom. The van der Waals surface area contributed by atoms with E-state index >= 15 is 0 Å². The predicted octanol–water partition coefficient (Wildman–Crippen LogP) is 2.38. The van der Waals surface area contributed by atoms with Crippen LogP contribution >= 0.6 is 24.0 Å². The Kier molecular flexibility index (Phi) is 6.84. The molecule has 0 saturated carbocycles. The number of thiocarbonyl (C=S) groups is 1. The van der Waals surface area contributed by atoms with Crippen molar-refractivity contribution in [3.8, 4) is 0 Å². The maximum absolute atomic E-state index is 12.4. The number of likely N-dealkylation sites (tertiary alicyclic amines) is 1. The number of amides is 1. The lowest BCUT2D eigenvalue weighted by Gasteiger charge is -2.20. The van der Waals surface area contributed by atoms with Gasteiger partial charge in [0.15, 0.2) is 0 Å². The van der Waals surface area contributed by atoms with Gasteiger partial charge in [0.1, 0.15) is 4.32 Å². The third kappa shape index (κ3) is 5.16. The Hall–Kier alpha value is -1.16. The molecule has 9 heteroatoms. The molecule has 0 radical (unpaired) electrons. The number of hydrogen-bond acceptors (Lipinski definition) is 5. The van der Waals surface area contributed by atoms with E-state index in [2.05, 4.69) is 10.2 Å². The van der Waals surface area contributed by atoms with Crippen molar-refractivity contribution in [3.05, 3.63) is 24.3 Å². The highest BCUT2D eigenvalue weighted by atomic mass is 32.2. The number of benzene rings is 1. The molecule has 1 N–H and O–H groups in total. The number of nitrogens with zero attached hydrogens (tertiary/aromatic N) is 2. The molecule has 1 amide bonds. The van der Waals surface area contributed by atoms with Gasteiger partial charge in [-0.2, -0.15) is 0 Å². The first-order chi connectivity index (χ1) is 11.7. The van der Waals surface area contributed by atoms with Gasteiger partial charge in [0.05, 0.1) is 10.1 Å². The standard InChI is InChI=1S/C16H23N3O3S3/c1-12(24-16(23)19-9-4-5-10-19)15(20)17-13-7-6-8-14(11-13)25(21,22)18(2)3/h6-8,11-12H,4-5,9-10H2,1-3H3,(H,17,20)/t12-/m1/s1. The van der Waals surface area contributed by atoms with E-state index in [0.29, 0.717) is 5.69 Å². The monoisotopic (exact) mass is 401 g/mol. The highest BCUT2D eigenvalue weighted by molar-refractivity contribution is 8.23. The maximum Gasteiger partial charge on any atom is 0.242 e. The fourth-order valence-corrected chi connectivity index (χ4v) is 4.73. The van der Waals surface area contributed by atoms with Gasteiger partial charge in [0, 0.05) is 32.9 Å². The van der Waals surface area contributed by atoms with Crippen molar-refractivity contribution in [1.82, 2.24) is 9.21 Å². The number of anilines is 1. The van der Waals surface area contributed by atoms with Gasteiger partial charge in [-0.3, -0.25) is 4.79 Å². The molecule has 1 heterocycles. The minimum absolute atomic E-state index is 0.142. The SMILES string of the molecule is C[C@@H](SC(=S)N1CCCC1)C(=O)Nc1cccc(S(=O)(=O)N(C)C)c1. The Labute approximate surface area is 159 Å². The van der Waals surface area contributed by atoms with Crippen LogP contribution in [0, 0.1) is 0 Å². The molecule has 0 aromatic heterocycles. The van der Waals surface area contributed by atoms with E-state index in [1.165, 1.54) is 38.0 Å². The molecule has 138 valence electrons. The van der Waals surface area contributed by atoms with Gasteiger partial charge in [-0.05, 0) is 38.0 Å². The van der Waals surface area contributed by atoms with E-state index < -0.39 is 10.0 Å². The first-order valence-electron chi connectivity index (χ1n) is 8.01. The first kappa shape index (κ1) is 20.2. The summed E-state index contributed by atoms with van der Waals surface area (Å²) in [5.41, 5.74) is 0.451. The lowest BCUT2D eigenvalue weighted by Crippen LogP contribution is -2.29. The second kappa shape index (κ2) is 8.48. The average molecular weight is 402 g/mol. The van der Waals surface area contributed by atoms with Crippen molar-refractivity contribution in [2.24, 2.45) is 0 Å². The first-order valence-corrected chi connectivity index (χ1v) is 10.7. The van der Waals surface area contributed by atoms with Crippen molar-refractivity contribution in [2.45, 2.75) is 29.9 Å². The van der Waals surface area contributed by atoms with Gasteiger partial charge in [-0.1, -0.05) is 30.0 Å². The molecule has 1 aliphatic rings. The molecule has 1 aromatic rings. The van der Waals surface area contributed by atoms with Gasteiger partial charge in [0.2, 0.25) is 15.9 Å². The molecule has 0 bridgehead atoms. The topological polar surface area (TPSA) is 69.7 Å². The summed E-state index contributed by atoms with van der Waals surface area (Å²) in [6.45, 7) is 3.69. The van der Waals surface area contributed by atoms with Crippen LogP contribution in [0.25, 0.3) is 0 Å². The largest absolute Gasteiger partial charge is 0.358 e. The normalized spacial score (nSPS) is 16.1. The molecule has 1 saturated heterocycles. The number of rotatable bonds is 5. The average Bonchev–Trinajstić information content (AvgIpc) is 3.09. The molecule has 0 aliphatic carbocycles. The zero-order valence-electron chi connectivity index (χ0n) is 14.6. The third-order valence-corrected chi connectivity index (χ3v) is 7.28. The van der Waals surface area contributed by atoms with Crippen molar-refractivity contribution in [2.75, 3.05) is 32.5 Å². The summed E-state index contributed by atoms with van der Waals surface area (Å²) >= 11 is 6.75. The molecule has 1 aliphatic heterocycles. The molecule has 0 spiro atoms. The van der Waals surface area contributed by atoms with Gasteiger partial charge < -0.3 is 10.2 Å². The van der Waals surface area contributed by atoms with Gasteiger partial charge in [-0.25, -0.2) is 12.7 Å². The van der Waals surface area contributed by atoms with Crippen LogP contribution in [-0.4, -0.2) is 60.3 Å². The molecule has 1 fully saturated rings. The summed E-state index contributed by atoms with van der Waals surface area (Å²) < 4.78 is 26.2. The molecular weight excluding hydrogens is 378 g/mol. The van der Waals surface area contributed by atoms with Crippen LogP contribution in [0.4, 0.5) is 5.69 Å². The Balaban J connectivity index is 2.01. The third-order valence-electron chi connectivity index (χ3n) is 3.89. The molecule has 25 heavy (non-hydrogen) atoms. The van der Waals surface area contributed by atoms with E-state index in [-0.39, 0.29) is 16.1 Å². The summed E-state index contributed by atoms with van der Waals surface area (Å²) in [5, 5.41) is 2.41. The summed E-state index contributed by atoms with van der Waals surface area (Å²) in [7, 11) is -0.594. The molecule has 2 rings (SSSR count). The zero-order valence-corrected chi connectivity index (χ0v) is 17.0. The summed E-state index contributed by atoms with van der Waals surface area (Å²) in [6.07, 6.45) is 2.27. The molecule has 6 nitrogen and oxygen atoms in total. The molecular formula is C16H23N3O3S3. The number of nitrogens with one attached hydrogen (secondary N) is 1. The van der Waals surface area contributed by atoms with E-state index in [4.69, 9.17) is 12.2 Å². The van der Waals surface area contributed by atoms with Crippen molar-refractivity contribution < 1.29 is 13.2 Å². The molecule has 0 unspecified atom stereocenters. The maximum atomic E-state index is 12.4. The Morgan fingerprint density at radius 1 is 1.32 bits per heavy atom. The number of carbonyl (C=O) groups excluding carboxylic acids is 1. The minimum atomic E-state index is -3.54. The second-order valence-corrected chi connectivity index (χ2v) is 10.2. The van der Waals surface area contributed by atoms with Crippen LogP contribution in [0.5, 0.6) is 0 Å². The summed E-state index contributed by atoms with van der Waals surface area (Å²) in [6, 6.07) is 6.25. The van der Waals surface area contributed by atoms with Crippen molar-refractivity contribution in [1.29, 1.82) is 0 Å². The zero-order chi connectivity index (χ0) is 18.6. The minimum Gasteiger partial charge on any atom is -0.358 e. The lowest BCUT2D eigenvalue weighted by molar-refractivity contribution is -0.115. The number of carbonyl (C=O) groups is 1. The van der Waals surface area contributed by atoms with Gasteiger partial charge in [-0.15, -0.1) is 0 Å². The van der Waals surface area contributed by atoms with E-state index in [0.717, 1.165) is 34.6 Å². The van der Waals surface area contributed by atoms with Crippen LogP contribution in [-0.2, 0) is 14.8 Å². The van der Waals surface area contributed by atoms with Crippen LogP contribution in [0.1, 0.15) is 19.8 Å². The quantitative estimate of drug-likeness (QED) is 0.764. The Bertz CT molecular complexity index is 744. The summed E-state index contributed by atoms with van der Waals surface area (Å²) in [4.78, 5) is 14.6. The lowest BCUT2D eigenvalue weighted by atomic mass is 10.3. The van der Waals surface area contributed by atoms with Gasteiger partial charge >= 0.3 is 0 Å². The van der Waals surface area contributed by atoms with Crippen molar-refractivity contribution in [3.63, 3.8) is 0 Å². The highest BCUT2D eigenvalue weighted by Gasteiger charge is 2.22. The highest BCUT2D eigenvalue weighted by Crippen LogP contribution is 2.22. The second-order valence-electron chi connectivity index (χ2n) is 6.02. The fraction of sp³-hybridized carbons (Fsp3) is 0.500. The van der Waals surface area contributed by atoms with E-state index in [1.54, 1.807) is 19.1 Å². The van der Waals surface area contributed by atoms with Crippen LogP contribution in [0.2, 0.25) is 0 Å². The van der Waals surface area contributed by atoms with Crippen LogP contribution < -0.4 is 5.32 Å². The Morgan fingerprint density at radius 3 is 2.56 bits per heavy atom.